The highest BCUT2D eigenvalue weighted by Gasteiger charge is 2.42. The molecule has 3 rings (SSSR count). The summed E-state index contributed by atoms with van der Waals surface area (Å²) in [7, 11) is 0. The molecule has 2 aromatic rings. The minimum Gasteiger partial charge on any atom is -0.311 e. The monoisotopic (exact) mass is 281 g/mol. The van der Waals surface area contributed by atoms with Crippen molar-refractivity contribution in [1.82, 2.24) is 15.3 Å². The molecule has 1 aliphatic carbocycles. The van der Waals surface area contributed by atoms with E-state index in [0.29, 0.717) is 0 Å². The Hall–Kier alpha value is -1.74. The highest BCUT2D eigenvalue weighted by molar-refractivity contribution is 5.35. The zero-order valence-electron chi connectivity index (χ0n) is 12.7. The van der Waals surface area contributed by atoms with E-state index < -0.39 is 0 Å². The fourth-order valence-corrected chi connectivity index (χ4v) is 3.05. The van der Waals surface area contributed by atoms with Crippen LogP contribution in [-0.2, 0) is 12.0 Å². The predicted molar refractivity (Wildman–Crippen MR) is 85.1 cm³/mol. The van der Waals surface area contributed by atoms with Crippen LogP contribution in [0.2, 0.25) is 0 Å². The van der Waals surface area contributed by atoms with Gasteiger partial charge in [-0.2, -0.15) is 0 Å². The lowest BCUT2D eigenvalue weighted by molar-refractivity contribution is 0.284. The van der Waals surface area contributed by atoms with Crippen molar-refractivity contribution in [1.29, 1.82) is 0 Å². The van der Waals surface area contributed by atoms with E-state index in [1.54, 1.807) is 0 Å². The Morgan fingerprint density at radius 2 is 1.95 bits per heavy atom. The third-order valence-corrected chi connectivity index (χ3v) is 4.41. The Labute approximate surface area is 126 Å². The van der Waals surface area contributed by atoms with E-state index in [-0.39, 0.29) is 5.41 Å². The summed E-state index contributed by atoms with van der Waals surface area (Å²) < 4.78 is 0. The summed E-state index contributed by atoms with van der Waals surface area (Å²) in [6.07, 6.45) is 6.63. The molecule has 21 heavy (non-hydrogen) atoms. The Balaban J connectivity index is 1.86. The number of aromatic nitrogens is 2. The van der Waals surface area contributed by atoms with Gasteiger partial charge < -0.3 is 5.32 Å². The maximum absolute atomic E-state index is 4.84. The first kappa shape index (κ1) is 14.2. The summed E-state index contributed by atoms with van der Waals surface area (Å²) in [4.78, 5) is 9.44. The third-order valence-electron chi connectivity index (χ3n) is 4.41. The van der Waals surface area contributed by atoms with Gasteiger partial charge in [-0.15, -0.1) is 0 Å². The van der Waals surface area contributed by atoms with Crippen molar-refractivity contribution in [3.8, 4) is 0 Å². The zero-order chi connectivity index (χ0) is 14.5. The maximum atomic E-state index is 4.84. The Kier molecular flexibility index (Phi) is 4.30. The van der Waals surface area contributed by atoms with Crippen molar-refractivity contribution >= 4 is 0 Å². The van der Waals surface area contributed by atoms with E-state index in [9.17, 15) is 0 Å². The van der Waals surface area contributed by atoms with Crippen molar-refractivity contribution in [2.75, 3.05) is 6.54 Å². The summed E-state index contributed by atoms with van der Waals surface area (Å²) in [5.74, 6) is 0.996. The van der Waals surface area contributed by atoms with Crippen molar-refractivity contribution in [3.63, 3.8) is 0 Å². The average Bonchev–Trinajstić information content (AvgIpc) is 2.48. The summed E-state index contributed by atoms with van der Waals surface area (Å²) in [6.45, 7) is 4.04. The molecule has 0 amide bonds. The molecule has 0 bridgehead atoms. The van der Waals surface area contributed by atoms with Crippen LogP contribution in [-0.4, -0.2) is 16.5 Å². The first-order valence-corrected chi connectivity index (χ1v) is 7.94. The van der Waals surface area contributed by atoms with Crippen molar-refractivity contribution in [2.45, 2.75) is 44.6 Å². The summed E-state index contributed by atoms with van der Waals surface area (Å²) in [6, 6.07) is 12.7. The number of nitrogens with one attached hydrogen (secondary N) is 1. The van der Waals surface area contributed by atoms with E-state index in [1.165, 1.54) is 12.0 Å². The first-order chi connectivity index (χ1) is 10.3. The van der Waals surface area contributed by atoms with E-state index in [1.807, 2.05) is 12.3 Å². The Morgan fingerprint density at radius 1 is 1.14 bits per heavy atom. The van der Waals surface area contributed by atoms with Gasteiger partial charge in [-0.3, -0.25) is 0 Å². The normalized spacial score (nSPS) is 16.4. The van der Waals surface area contributed by atoms with Crippen molar-refractivity contribution in [3.05, 3.63) is 59.7 Å². The molecular formula is C18H23N3. The number of hydrogen-bond acceptors (Lipinski definition) is 3. The second-order valence-electron chi connectivity index (χ2n) is 5.85. The minimum atomic E-state index is 0.0437. The average molecular weight is 281 g/mol. The van der Waals surface area contributed by atoms with Crippen LogP contribution in [0.4, 0.5) is 0 Å². The lowest BCUT2D eigenvalue weighted by Crippen LogP contribution is -2.37. The van der Waals surface area contributed by atoms with Gasteiger partial charge in [0.15, 0.2) is 0 Å². The lowest BCUT2D eigenvalue weighted by atomic mass is 9.64. The lowest BCUT2D eigenvalue weighted by Gasteiger charge is -2.41. The molecule has 0 atom stereocenters. The molecule has 110 valence electrons. The molecule has 1 aromatic carbocycles. The molecule has 3 heteroatoms. The summed E-state index contributed by atoms with van der Waals surface area (Å²) in [5.41, 5.74) is 2.49. The van der Waals surface area contributed by atoms with Gasteiger partial charge in [-0.1, -0.05) is 43.7 Å². The van der Waals surface area contributed by atoms with Gasteiger partial charge in [0.05, 0.1) is 11.1 Å². The minimum absolute atomic E-state index is 0.0437. The SMILES string of the molecule is CCCNCc1ccnc(C2(c3ccccc3)CCC2)n1. The van der Waals surface area contributed by atoms with Gasteiger partial charge >= 0.3 is 0 Å². The van der Waals surface area contributed by atoms with Gasteiger partial charge in [0, 0.05) is 12.7 Å². The fraction of sp³-hybridized carbons (Fsp3) is 0.444. The third kappa shape index (κ3) is 2.84. The summed E-state index contributed by atoms with van der Waals surface area (Å²) >= 11 is 0. The van der Waals surface area contributed by atoms with Crippen LogP contribution in [0.1, 0.15) is 49.7 Å². The molecule has 1 fully saturated rings. The first-order valence-electron chi connectivity index (χ1n) is 7.94. The largest absolute Gasteiger partial charge is 0.311 e. The molecule has 1 heterocycles. The topological polar surface area (TPSA) is 37.8 Å². The van der Waals surface area contributed by atoms with Gasteiger partial charge in [-0.05, 0) is 37.4 Å². The van der Waals surface area contributed by atoms with E-state index in [0.717, 1.165) is 43.9 Å². The van der Waals surface area contributed by atoms with Crippen LogP contribution < -0.4 is 5.32 Å². The van der Waals surface area contributed by atoms with E-state index in [2.05, 4.69) is 47.6 Å². The van der Waals surface area contributed by atoms with Crippen LogP contribution in [0, 0.1) is 0 Å². The molecule has 0 saturated heterocycles. The fourth-order valence-electron chi connectivity index (χ4n) is 3.05. The second-order valence-corrected chi connectivity index (χ2v) is 5.85. The zero-order valence-corrected chi connectivity index (χ0v) is 12.7. The molecule has 0 aliphatic heterocycles. The molecule has 1 saturated carbocycles. The van der Waals surface area contributed by atoms with E-state index >= 15 is 0 Å². The quantitative estimate of drug-likeness (QED) is 0.824. The Morgan fingerprint density at radius 3 is 2.62 bits per heavy atom. The molecule has 1 aromatic heterocycles. The molecule has 1 N–H and O–H groups in total. The molecule has 0 spiro atoms. The molecule has 0 radical (unpaired) electrons. The highest BCUT2D eigenvalue weighted by Crippen LogP contribution is 2.47. The maximum Gasteiger partial charge on any atom is 0.139 e. The van der Waals surface area contributed by atoms with Gasteiger partial charge in [-0.25, -0.2) is 9.97 Å². The number of hydrogen-bond donors (Lipinski definition) is 1. The van der Waals surface area contributed by atoms with Crippen molar-refractivity contribution < 1.29 is 0 Å². The number of rotatable bonds is 6. The Bertz CT molecular complexity index is 576. The molecule has 3 nitrogen and oxygen atoms in total. The van der Waals surface area contributed by atoms with Gasteiger partial charge in [0.2, 0.25) is 0 Å². The summed E-state index contributed by atoms with van der Waals surface area (Å²) in [5, 5.41) is 3.42. The predicted octanol–water partition coefficient (Wildman–Crippen LogP) is 3.45. The molecular weight excluding hydrogens is 258 g/mol. The van der Waals surface area contributed by atoms with Crippen LogP contribution in [0.15, 0.2) is 42.6 Å². The van der Waals surface area contributed by atoms with Crippen molar-refractivity contribution in [2.24, 2.45) is 0 Å². The van der Waals surface area contributed by atoms with Crippen LogP contribution >= 0.6 is 0 Å². The number of benzene rings is 1. The molecule has 1 aliphatic rings. The standard InChI is InChI=1S/C18H23N3/c1-2-12-19-14-16-9-13-20-17(21-16)18(10-6-11-18)15-7-4-3-5-8-15/h3-5,7-9,13,19H,2,6,10-12,14H2,1H3. The molecule has 0 unspecified atom stereocenters. The number of nitrogens with zero attached hydrogens (tertiary/aromatic N) is 2. The van der Waals surface area contributed by atoms with Crippen LogP contribution in [0.25, 0.3) is 0 Å². The van der Waals surface area contributed by atoms with Gasteiger partial charge in [0.1, 0.15) is 5.82 Å². The second kappa shape index (κ2) is 6.35. The smallest absolute Gasteiger partial charge is 0.139 e. The van der Waals surface area contributed by atoms with Crippen LogP contribution in [0.3, 0.4) is 0 Å². The highest BCUT2D eigenvalue weighted by atomic mass is 14.9. The van der Waals surface area contributed by atoms with Gasteiger partial charge in [0.25, 0.3) is 0 Å². The van der Waals surface area contributed by atoms with Crippen LogP contribution in [0.5, 0.6) is 0 Å². The van der Waals surface area contributed by atoms with E-state index in [4.69, 9.17) is 4.98 Å².